The topological polar surface area (TPSA) is 143 Å². The first-order valence-electron chi connectivity index (χ1n) is 10.9. The van der Waals surface area contributed by atoms with Gasteiger partial charge in [0, 0.05) is 43.1 Å². The van der Waals surface area contributed by atoms with Crippen LogP contribution in [-0.4, -0.2) is 81.1 Å². The number of anilines is 2. The van der Waals surface area contributed by atoms with E-state index in [1.54, 1.807) is 12.1 Å². The third kappa shape index (κ3) is 6.90. The number of amides is 3. The van der Waals surface area contributed by atoms with Crippen molar-refractivity contribution in [3.05, 3.63) is 58.1 Å². The number of morpholine rings is 1. The smallest absolute Gasteiger partial charge is 0.311 e. The molecule has 2 aromatic carbocycles. The van der Waals surface area contributed by atoms with Crippen molar-refractivity contribution in [1.82, 2.24) is 10.2 Å². The zero-order valence-electron chi connectivity index (χ0n) is 19.5. The highest BCUT2D eigenvalue weighted by Gasteiger charge is 2.20. The molecule has 0 aliphatic carbocycles. The van der Waals surface area contributed by atoms with Crippen molar-refractivity contribution >= 4 is 34.8 Å². The highest BCUT2D eigenvalue weighted by Crippen LogP contribution is 2.27. The normalized spacial score (nSPS) is 13.0. The summed E-state index contributed by atoms with van der Waals surface area (Å²) in [4.78, 5) is 50.8. The maximum Gasteiger partial charge on any atom is 0.311 e. The molecular formula is C23H27N5O7. The minimum atomic E-state index is -0.665. The Morgan fingerprint density at radius 2 is 1.83 bits per heavy atom. The van der Waals surface area contributed by atoms with Crippen LogP contribution in [-0.2, 0) is 14.3 Å². The van der Waals surface area contributed by atoms with E-state index >= 15 is 0 Å². The van der Waals surface area contributed by atoms with Crippen LogP contribution in [0, 0.1) is 10.1 Å². The highest BCUT2D eigenvalue weighted by atomic mass is 16.6. The third-order valence-corrected chi connectivity index (χ3v) is 5.37. The predicted molar refractivity (Wildman–Crippen MR) is 128 cm³/mol. The van der Waals surface area contributed by atoms with Crippen molar-refractivity contribution < 1.29 is 28.8 Å². The van der Waals surface area contributed by atoms with Gasteiger partial charge in [-0.05, 0) is 36.4 Å². The summed E-state index contributed by atoms with van der Waals surface area (Å²) in [7, 11) is 2.72. The van der Waals surface area contributed by atoms with Crippen LogP contribution in [0.2, 0.25) is 0 Å². The summed E-state index contributed by atoms with van der Waals surface area (Å²) in [5.41, 5.74) is 1.28. The number of likely N-dealkylation sites (N-methyl/N-ethyl adjacent to an activating group) is 1. The summed E-state index contributed by atoms with van der Waals surface area (Å²) < 4.78 is 10.3. The third-order valence-electron chi connectivity index (χ3n) is 5.37. The molecule has 2 aromatic rings. The van der Waals surface area contributed by atoms with Gasteiger partial charge in [-0.2, -0.15) is 0 Å². The summed E-state index contributed by atoms with van der Waals surface area (Å²) in [6.45, 7) is 2.39. The lowest BCUT2D eigenvalue weighted by Crippen LogP contribution is -2.41. The van der Waals surface area contributed by atoms with E-state index in [9.17, 15) is 24.5 Å². The minimum Gasteiger partial charge on any atom is -0.490 e. The number of ether oxygens (including phenoxy) is 2. The summed E-state index contributed by atoms with van der Waals surface area (Å²) in [6.07, 6.45) is 0. The molecule has 0 unspecified atom stereocenters. The maximum atomic E-state index is 12.3. The molecule has 0 atom stereocenters. The zero-order valence-corrected chi connectivity index (χ0v) is 19.5. The van der Waals surface area contributed by atoms with Gasteiger partial charge in [0.15, 0.2) is 5.75 Å². The van der Waals surface area contributed by atoms with E-state index < -0.39 is 22.6 Å². The number of benzene rings is 2. The van der Waals surface area contributed by atoms with Gasteiger partial charge in [-0.15, -0.1) is 0 Å². The zero-order chi connectivity index (χ0) is 25.4. The molecular weight excluding hydrogens is 458 g/mol. The summed E-state index contributed by atoms with van der Waals surface area (Å²) in [5.74, 6) is -1.54. The van der Waals surface area contributed by atoms with Gasteiger partial charge >= 0.3 is 5.69 Å². The van der Waals surface area contributed by atoms with Crippen molar-refractivity contribution in [2.75, 3.05) is 63.8 Å². The summed E-state index contributed by atoms with van der Waals surface area (Å²) in [5, 5.41) is 16.3. The highest BCUT2D eigenvalue weighted by molar-refractivity contribution is 5.98. The first-order chi connectivity index (χ1) is 16.8. The van der Waals surface area contributed by atoms with Crippen LogP contribution in [0.3, 0.4) is 0 Å². The lowest BCUT2D eigenvalue weighted by molar-refractivity contribution is -0.385. The fraction of sp³-hybridized carbons (Fsp3) is 0.348. The molecule has 12 heteroatoms. The molecule has 35 heavy (non-hydrogen) atoms. The molecule has 12 nitrogen and oxygen atoms in total. The van der Waals surface area contributed by atoms with Crippen molar-refractivity contribution in [2.45, 2.75) is 0 Å². The molecule has 3 rings (SSSR count). The van der Waals surface area contributed by atoms with Gasteiger partial charge in [0.25, 0.3) is 5.91 Å². The van der Waals surface area contributed by atoms with E-state index in [1.807, 2.05) is 12.1 Å². The molecule has 0 bridgehead atoms. The van der Waals surface area contributed by atoms with Crippen LogP contribution in [0.25, 0.3) is 0 Å². The lowest BCUT2D eigenvalue weighted by atomic mass is 10.1. The number of rotatable bonds is 9. The Kier molecular flexibility index (Phi) is 8.57. The first kappa shape index (κ1) is 25.4. The van der Waals surface area contributed by atoms with E-state index in [4.69, 9.17) is 9.47 Å². The number of carbonyl (C=O) groups excluding carboxylic acids is 3. The van der Waals surface area contributed by atoms with Gasteiger partial charge < -0.3 is 29.9 Å². The van der Waals surface area contributed by atoms with E-state index in [2.05, 4.69) is 15.5 Å². The second-order valence-electron chi connectivity index (χ2n) is 7.77. The number of nitrogens with zero attached hydrogens (tertiary/aromatic N) is 3. The quantitative estimate of drug-likeness (QED) is 0.399. The predicted octanol–water partition coefficient (Wildman–Crippen LogP) is 1.27. The molecule has 1 heterocycles. The monoisotopic (exact) mass is 485 g/mol. The SMILES string of the molecule is COc1ccc(C(=O)NCC(=O)N(C)CC(=O)Nc2ccc(N3CCOCC3)cc2)cc1[N+](=O)[O-]. The molecule has 1 fully saturated rings. The van der Waals surface area contributed by atoms with E-state index in [-0.39, 0.29) is 30.1 Å². The molecule has 186 valence electrons. The number of carbonyl (C=O) groups is 3. The largest absolute Gasteiger partial charge is 0.490 e. The van der Waals surface area contributed by atoms with E-state index in [0.717, 1.165) is 24.8 Å². The lowest BCUT2D eigenvalue weighted by Gasteiger charge is -2.28. The average molecular weight is 485 g/mol. The number of nitro groups is 1. The van der Waals surface area contributed by atoms with Crippen LogP contribution in [0.4, 0.5) is 17.1 Å². The Morgan fingerprint density at radius 1 is 1.14 bits per heavy atom. The second kappa shape index (κ2) is 11.8. The number of hydrogen-bond acceptors (Lipinski definition) is 8. The molecule has 1 saturated heterocycles. The number of hydrogen-bond donors (Lipinski definition) is 2. The fourth-order valence-corrected chi connectivity index (χ4v) is 3.45. The molecule has 0 spiro atoms. The first-order valence-corrected chi connectivity index (χ1v) is 10.9. The second-order valence-corrected chi connectivity index (χ2v) is 7.77. The van der Waals surface area contributed by atoms with Gasteiger partial charge in [-0.3, -0.25) is 24.5 Å². The van der Waals surface area contributed by atoms with Crippen molar-refractivity contribution in [1.29, 1.82) is 0 Å². The maximum absolute atomic E-state index is 12.3. The molecule has 2 N–H and O–H groups in total. The Labute approximate surface area is 201 Å². The van der Waals surface area contributed by atoms with E-state index in [0.29, 0.717) is 18.9 Å². The van der Waals surface area contributed by atoms with Crippen LogP contribution in [0.5, 0.6) is 5.75 Å². The van der Waals surface area contributed by atoms with Crippen LogP contribution < -0.4 is 20.3 Å². The Bertz CT molecular complexity index is 1080. The van der Waals surface area contributed by atoms with Crippen molar-refractivity contribution in [3.63, 3.8) is 0 Å². The number of nitro benzene ring substituents is 1. The van der Waals surface area contributed by atoms with Crippen LogP contribution >= 0.6 is 0 Å². The summed E-state index contributed by atoms with van der Waals surface area (Å²) in [6, 6.07) is 11.1. The molecule has 0 radical (unpaired) electrons. The van der Waals surface area contributed by atoms with Gasteiger partial charge in [-0.25, -0.2) is 0 Å². The van der Waals surface area contributed by atoms with Crippen LogP contribution in [0.15, 0.2) is 42.5 Å². The minimum absolute atomic E-state index is 0.00576. The van der Waals surface area contributed by atoms with Gasteiger partial charge in [0.2, 0.25) is 11.8 Å². The van der Waals surface area contributed by atoms with Gasteiger partial charge in [0.05, 0.1) is 38.3 Å². The van der Waals surface area contributed by atoms with Crippen LogP contribution in [0.1, 0.15) is 10.4 Å². The van der Waals surface area contributed by atoms with Crippen molar-refractivity contribution in [2.24, 2.45) is 0 Å². The number of nitrogens with one attached hydrogen (secondary N) is 2. The molecule has 1 aliphatic heterocycles. The Balaban J connectivity index is 1.47. The Morgan fingerprint density at radius 3 is 2.46 bits per heavy atom. The van der Waals surface area contributed by atoms with Crippen molar-refractivity contribution in [3.8, 4) is 5.75 Å². The van der Waals surface area contributed by atoms with Gasteiger partial charge in [0.1, 0.15) is 0 Å². The average Bonchev–Trinajstić information content (AvgIpc) is 2.87. The van der Waals surface area contributed by atoms with Gasteiger partial charge in [-0.1, -0.05) is 0 Å². The molecule has 0 saturated carbocycles. The number of methoxy groups -OCH3 is 1. The molecule has 1 aliphatic rings. The molecule has 0 aromatic heterocycles. The standard InChI is InChI=1S/C23H27N5O7/c1-26(15-21(29)25-17-4-6-18(7-5-17)27-9-11-35-12-10-27)22(30)14-24-23(31)16-3-8-20(34-2)19(13-16)28(32)33/h3-8,13H,9-12,14-15H2,1-2H3,(H,24,31)(H,25,29). The van der Waals surface area contributed by atoms with E-state index in [1.165, 1.54) is 31.2 Å². The Hall–Kier alpha value is -4.19. The fourth-order valence-electron chi connectivity index (χ4n) is 3.45. The summed E-state index contributed by atoms with van der Waals surface area (Å²) >= 11 is 0. The molecule has 3 amide bonds.